The van der Waals surface area contributed by atoms with Crippen LogP contribution >= 0.6 is 11.3 Å². The third kappa shape index (κ3) is 11.8. The van der Waals surface area contributed by atoms with Gasteiger partial charge in [-0.2, -0.15) is 0 Å². The molecule has 324 valence electrons. The van der Waals surface area contributed by atoms with Crippen LogP contribution in [0.3, 0.4) is 0 Å². The van der Waals surface area contributed by atoms with Crippen LogP contribution in [-0.2, 0) is 25.7 Å². The molecular weight excluding hydrogens is 801 g/mol. The number of aryl methyl sites for hydroxylation is 1. The number of β-amino-alcohol motifs (C(OH)–C–C–N with tert-alkyl or cyclic N) is 1. The first-order chi connectivity index (χ1) is 29.7. The Labute approximate surface area is 367 Å². The number of nitrogens with zero attached hydrogens (tertiary/aromatic N) is 2. The SMILES string of the molecule is C/C(=C\C(=O)Nc1ccccc1C(=O)NCCCCCC(=O)N[C@H](C(=O)N1C[C@@H](O)C[C@@H]1C(=O)NCc1ccc(-c2scnc2C)cc1)C(C)(C)C)c1ccc2ccccc2c1. The van der Waals surface area contributed by atoms with Crippen LogP contribution in [0.25, 0.3) is 26.8 Å². The second kappa shape index (κ2) is 20.6. The summed E-state index contributed by atoms with van der Waals surface area (Å²) in [5, 5.41) is 24.4. The predicted molar refractivity (Wildman–Crippen MR) is 245 cm³/mol. The number of aliphatic hydroxyl groups excluding tert-OH is 1. The summed E-state index contributed by atoms with van der Waals surface area (Å²) in [6, 6.07) is 27.0. The van der Waals surface area contributed by atoms with Crippen LogP contribution in [0.2, 0.25) is 0 Å². The molecule has 0 unspecified atom stereocenters. The van der Waals surface area contributed by atoms with Crippen molar-refractivity contribution < 1.29 is 29.1 Å². The Morgan fingerprint density at radius 1 is 0.903 bits per heavy atom. The molecule has 13 heteroatoms. The van der Waals surface area contributed by atoms with E-state index in [0.29, 0.717) is 37.1 Å². The monoisotopic (exact) mass is 856 g/mol. The zero-order valence-corrected chi connectivity index (χ0v) is 36.8. The second-order valence-corrected chi connectivity index (χ2v) is 17.8. The van der Waals surface area contributed by atoms with E-state index in [2.05, 4.69) is 26.3 Å². The highest BCUT2D eigenvalue weighted by Gasteiger charge is 2.44. The van der Waals surface area contributed by atoms with Crippen molar-refractivity contribution in [2.75, 3.05) is 18.4 Å². The molecule has 0 saturated carbocycles. The van der Waals surface area contributed by atoms with Crippen molar-refractivity contribution in [2.24, 2.45) is 5.41 Å². The van der Waals surface area contributed by atoms with Gasteiger partial charge in [-0.05, 0) is 83.3 Å². The summed E-state index contributed by atoms with van der Waals surface area (Å²) in [6.45, 7) is 10.0. The molecule has 0 aliphatic carbocycles. The number of para-hydroxylation sites is 1. The van der Waals surface area contributed by atoms with Gasteiger partial charge in [-0.15, -0.1) is 11.3 Å². The summed E-state index contributed by atoms with van der Waals surface area (Å²) < 4.78 is 0. The fraction of sp³-hybridized carbons (Fsp3) is 0.347. The number of benzene rings is 4. The number of aliphatic hydroxyl groups is 1. The minimum absolute atomic E-state index is 0.00632. The van der Waals surface area contributed by atoms with Gasteiger partial charge in [-0.1, -0.05) is 100.0 Å². The molecule has 2 heterocycles. The zero-order valence-electron chi connectivity index (χ0n) is 36.0. The van der Waals surface area contributed by atoms with Gasteiger partial charge in [0.2, 0.25) is 23.6 Å². The Kier molecular flexibility index (Phi) is 15.1. The standard InChI is InChI=1S/C49H56N6O6S/c1-31(36-23-22-34-13-8-9-14-37(34)26-36)25-43(58)53-40-16-11-10-15-39(40)46(59)50-24-12-6-7-17-42(57)54-45(49(3,4)5)48(61)55-29-38(56)27-41(55)47(60)51-28-33-18-20-35(21-19-33)44-32(2)52-30-62-44/h8-11,13-16,18-23,25-26,30,38,41,45,56H,6-7,12,17,24,27-29H2,1-5H3,(H,50,59)(H,51,60)(H,53,58)(H,54,57)/b31-25+/t38-,41+,45+/m0/s1. The lowest BCUT2D eigenvalue weighted by atomic mass is 9.85. The Bertz CT molecular complexity index is 2440. The van der Waals surface area contributed by atoms with Crippen molar-refractivity contribution in [3.8, 4) is 10.4 Å². The number of nitrogens with one attached hydrogen (secondary N) is 4. The van der Waals surface area contributed by atoms with Crippen LogP contribution < -0.4 is 21.3 Å². The van der Waals surface area contributed by atoms with Crippen LogP contribution in [-0.4, -0.2) is 75.8 Å². The van der Waals surface area contributed by atoms with Gasteiger partial charge in [0.1, 0.15) is 12.1 Å². The van der Waals surface area contributed by atoms with Crippen LogP contribution in [0.15, 0.2) is 103 Å². The summed E-state index contributed by atoms with van der Waals surface area (Å²) in [6.07, 6.45) is 2.72. The number of carbonyl (C=O) groups excluding carboxylic acids is 5. The van der Waals surface area contributed by atoms with Crippen molar-refractivity contribution in [3.63, 3.8) is 0 Å². The maximum absolute atomic E-state index is 14.0. The highest BCUT2D eigenvalue weighted by atomic mass is 32.1. The molecule has 6 rings (SSSR count). The van der Waals surface area contributed by atoms with Gasteiger partial charge in [0.05, 0.1) is 33.4 Å². The van der Waals surface area contributed by atoms with Gasteiger partial charge >= 0.3 is 0 Å². The second-order valence-electron chi connectivity index (χ2n) is 16.9. The molecule has 12 nitrogen and oxygen atoms in total. The lowest BCUT2D eigenvalue weighted by Crippen LogP contribution is -2.57. The van der Waals surface area contributed by atoms with Crippen LogP contribution in [0.1, 0.15) is 87.0 Å². The number of carbonyl (C=O) groups is 5. The third-order valence-corrected chi connectivity index (χ3v) is 12.0. The van der Waals surface area contributed by atoms with E-state index in [4.69, 9.17) is 0 Å². The van der Waals surface area contributed by atoms with Crippen molar-refractivity contribution in [3.05, 3.63) is 125 Å². The summed E-state index contributed by atoms with van der Waals surface area (Å²) in [4.78, 5) is 73.6. The average Bonchev–Trinajstić information content (AvgIpc) is 3.87. The Morgan fingerprint density at radius 3 is 2.35 bits per heavy atom. The van der Waals surface area contributed by atoms with E-state index in [9.17, 15) is 29.1 Å². The van der Waals surface area contributed by atoms with Gasteiger partial charge in [-0.25, -0.2) is 4.98 Å². The summed E-state index contributed by atoms with van der Waals surface area (Å²) >= 11 is 1.57. The molecule has 5 amide bonds. The number of hydrogen-bond donors (Lipinski definition) is 5. The van der Waals surface area contributed by atoms with E-state index in [0.717, 1.165) is 43.6 Å². The lowest BCUT2D eigenvalue weighted by molar-refractivity contribution is -0.144. The molecule has 1 aliphatic rings. The lowest BCUT2D eigenvalue weighted by Gasteiger charge is -2.35. The van der Waals surface area contributed by atoms with Crippen molar-refractivity contribution in [1.29, 1.82) is 0 Å². The number of rotatable bonds is 16. The minimum atomic E-state index is -0.920. The Morgan fingerprint density at radius 2 is 1.63 bits per heavy atom. The van der Waals surface area contributed by atoms with Crippen molar-refractivity contribution >= 4 is 62.9 Å². The molecule has 0 radical (unpaired) electrons. The van der Waals surface area contributed by atoms with E-state index in [1.807, 2.05) is 107 Å². The highest BCUT2D eigenvalue weighted by Crippen LogP contribution is 2.29. The molecule has 1 fully saturated rings. The van der Waals surface area contributed by atoms with Crippen molar-refractivity contribution in [2.45, 2.75) is 91.5 Å². The summed E-state index contributed by atoms with van der Waals surface area (Å²) in [5.74, 6) is -1.74. The number of allylic oxidation sites excluding steroid dienone is 1. The molecule has 4 aromatic carbocycles. The van der Waals surface area contributed by atoms with E-state index in [1.54, 1.807) is 35.6 Å². The van der Waals surface area contributed by atoms with E-state index >= 15 is 0 Å². The van der Waals surface area contributed by atoms with Gasteiger partial charge < -0.3 is 31.3 Å². The molecular formula is C49H56N6O6S. The summed E-state index contributed by atoms with van der Waals surface area (Å²) in [5.41, 5.74) is 6.51. The number of anilines is 1. The molecule has 62 heavy (non-hydrogen) atoms. The van der Waals surface area contributed by atoms with E-state index in [1.165, 1.54) is 11.0 Å². The number of likely N-dealkylation sites (tertiary alicyclic amines) is 1. The number of hydrogen-bond acceptors (Lipinski definition) is 8. The van der Waals surface area contributed by atoms with Crippen LogP contribution in [0.5, 0.6) is 0 Å². The maximum Gasteiger partial charge on any atom is 0.253 e. The number of fused-ring (bicyclic) bond motifs is 1. The zero-order chi connectivity index (χ0) is 44.4. The van der Waals surface area contributed by atoms with E-state index < -0.39 is 29.5 Å². The summed E-state index contributed by atoms with van der Waals surface area (Å²) in [7, 11) is 0. The minimum Gasteiger partial charge on any atom is -0.391 e. The third-order valence-electron chi connectivity index (χ3n) is 11.1. The first kappa shape index (κ1) is 45.3. The topological polar surface area (TPSA) is 170 Å². The van der Waals surface area contributed by atoms with Gasteiger partial charge in [0.25, 0.3) is 5.91 Å². The Balaban J connectivity index is 0.943. The normalized spacial score (nSPS) is 15.8. The molecule has 3 atom stereocenters. The first-order valence-electron chi connectivity index (χ1n) is 21.1. The molecule has 5 N–H and O–H groups in total. The van der Waals surface area contributed by atoms with E-state index in [-0.39, 0.29) is 49.6 Å². The fourth-order valence-corrected chi connectivity index (χ4v) is 8.38. The molecule has 5 aromatic rings. The molecule has 1 aromatic heterocycles. The van der Waals surface area contributed by atoms with Gasteiger partial charge in [0.15, 0.2) is 0 Å². The Hall–Kier alpha value is -6.18. The highest BCUT2D eigenvalue weighted by molar-refractivity contribution is 7.13. The molecule has 1 aliphatic heterocycles. The van der Waals surface area contributed by atoms with Crippen LogP contribution in [0.4, 0.5) is 5.69 Å². The van der Waals surface area contributed by atoms with Gasteiger partial charge in [0, 0.05) is 38.6 Å². The predicted octanol–water partition coefficient (Wildman–Crippen LogP) is 7.41. The quantitative estimate of drug-likeness (QED) is 0.0509. The fourth-order valence-electron chi connectivity index (χ4n) is 7.57. The number of amides is 5. The smallest absolute Gasteiger partial charge is 0.253 e. The van der Waals surface area contributed by atoms with Crippen LogP contribution in [0, 0.1) is 12.3 Å². The molecule has 1 saturated heterocycles. The first-order valence-corrected chi connectivity index (χ1v) is 22.0. The molecule has 0 bridgehead atoms. The number of thiazole rings is 1. The average molecular weight is 857 g/mol. The maximum atomic E-state index is 14.0. The number of aromatic nitrogens is 1. The molecule has 0 spiro atoms. The van der Waals surface area contributed by atoms with Gasteiger partial charge in [-0.3, -0.25) is 24.0 Å². The van der Waals surface area contributed by atoms with Crippen molar-refractivity contribution in [1.82, 2.24) is 25.8 Å². The number of unbranched alkanes of at least 4 members (excludes halogenated alkanes) is 2. The largest absolute Gasteiger partial charge is 0.391 e.